The molecule has 5 rings (SSSR count). The molecular formula is C23H15F3N6O. The fourth-order valence-electron chi connectivity index (χ4n) is 3.41. The van der Waals surface area contributed by atoms with E-state index in [1.807, 2.05) is 0 Å². The highest BCUT2D eigenvalue weighted by Gasteiger charge is 2.18. The fraction of sp³-hybridized carbons (Fsp3) is 0.0435. The average Bonchev–Trinajstić information content (AvgIpc) is 3.43. The molecule has 0 unspecified atom stereocenters. The normalized spacial score (nSPS) is 11.2. The van der Waals surface area contributed by atoms with E-state index >= 15 is 0 Å². The van der Waals surface area contributed by atoms with E-state index < -0.39 is 17.5 Å². The highest BCUT2D eigenvalue weighted by molar-refractivity contribution is 6.09. The quantitative estimate of drug-likeness (QED) is 0.437. The lowest BCUT2D eigenvalue weighted by molar-refractivity contribution is 0.102. The standard InChI is InChI=1S/C23H15F3N6O/c1-13-8-19(26)17(22-27-12-32(30-22)16-5-2-14(24)3-6-16)9-20(13)29-23(33)18-10-28-31-11-15(25)4-7-21(18)31/h2-12H,1H3,(H,29,33). The Kier molecular flexibility index (Phi) is 4.89. The van der Waals surface area contributed by atoms with Crippen molar-refractivity contribution in [1.29, 1.82) is 0 Å². The lowest BCUT2D eigenvalue weighted by Gasteiger charge is -2.10. The highest BCUT2D eigenvalue weighted by atomic mass is 19.1. The lowest BCUT2D eigenvalue weighted by atomic mass is 10.1. The molecule has 0 aliphatic rings. The van der Waals surface area contributed by atoms with Crippen molar-refractivity contribution in [2.75, 3.05) is 5.32 Å². The molecule has 0 atom stereocenters. The number of hydrogen-bond acceptors (Lipinski definition) is 4. The van der Waals surface area contributed by atoms with Gasteiger partial charge in [0.25, 0.3) is 5.91 Å². The third-order valence-corrected chi connectivity index (χ3v) is 5.11. The number of anilines is 1. The molecule has 3 heterocycles. The van der Waals surface area contributed by atoms with E-state index in [1.165, 1.54) is 70.3 Å². The van der Waals surface area contributed by atoms with Crippen LogP contribution >= 0.6 is 0 Å². The number of amides is 1. The Balaban J connectivity index is 1.46. The van der Waals surface area contributed by atoms with E-state index in [0.717, 1.165) is 6.20 Å². The van der Waals surface area contributed by atoms with Crippen LogP contribution in [0.4, 0.5) is 18.9 Å². The van der Waals surface area contributed by atoms with Gasteiger partial charge >= 0.3 is 0 Å². The number of nitrogens with one attached hydrogen (secondary N) is 1. The van der Waals surface area contributed by atoms with Crippen molar-refractivity contribution in [3.05, 3.63) is 95.8 Å². The van der Waals surface area contributed by atoms with E-state index in [-0.39, 0.29) is 22.8 Å². The molecule has 7 nitrogen and oxygen atoms in total. The van der Waals surface area contributed by atoms with Crippen LogP contribution in [0.2, 0.25) is 0 Å². The first-order valence-electron chi connectivity index (χ1n) is 9.81. The zero-order valence-electron chi connectivity index (χ0n) is 17.1. The maximum atomic E-state index is 14.7. The number of hydrogen-bond donors (Lipinski definition) is 1. The molecule has 5 aromatic rings. The van der Waals surface area contributed by atoms with Crippen molar-refractivity contribution in [3.8, 4) is 17.1 Å². The summed E-state index contributed by atoms with van der Waals surface area (Å²) in [4.78, 5) is 17.0. The monoisotopic (exact) mass is 448 g/mol. The maximum Gasteiger partial charge on any atom is 0.259 e. The lowest BCUT2D eigenvalue weighted by Crippen LogP contribution is -2.13. The number of pyridine rings is 1. The summed E-state index contributed by atoms with van der Waals surface area (Å²) >= 11 is 0. The van der Waals surface area contributed by atoms with Crippen LogP contribution in [0.1, 0.15) is 15.9 Å². The van der Waals surface area contributed by atoms with Gasteiger partial charge in [0.15, 0.2) is 5.82 Å². The zero-order valence-corrected chi connectivity index (χ0v) is 17.1. The summed E-state index contributed by atoms with van der Waals surface area (Å²) in [7, 11) is 0. The summed E-state index contributed by atoms with van der Waals surface area (Å²) in [6.45, 7) is 1.65. The Morgan fingerprint density at radius 3 is 2.55 bits per heavy atom. The van der Waals surface area contributed by atoms with Gasteiger partial charge in [0.2, 0.25) is 0 Å². The highest BCUT2D eigenvalue weighted by Crippen LogP contribution is 2.27. The largest absolute Gasteiger partial charge is 0.322 e. The second kappa shape index (κ2) is 7.90. The van der Waals surface area contributed by atoms with Gasteiger partial charge in [-0.15, -0.1) is 5.10 Å². The molecule has 0 bridgehead atoms. The van der Waals surface area contributed by atoms with Crippen LogP contribution in [-0.2, 0) is 0 Å². The minimum absolute atomic E-state index is 0.0821. The topological polar surface area (TPSA) is 77.1 Å². The molecule has 0 saturated carbocycles. The SMILES string of the molecule is Cc1cc(F)c(-c2ncn(-c3ccc(F)cc3)n2)cc1NC(=O)c1cnn2cc(F)ccc12. The first kappa shape index (κ1) is 20.4. The summed E-state index contributed by atoms with van der Waals surface area (Å²) in [6, 6.07) is 11.0. The van der Waals surface area contributed by atoms with Gasteiger partial charge < -0.3 is 5.32 Å². The second-order valence-corrected chi connectivity index (χ2v) is 7.33. The first-order valence-corrected chi connectivity index (χ1v) is 9.81. The first-order chi connectivity index (χ1) is 15.9. The number of benzene rings is 2. The van der Waals surface area contributed by atoms with E-state index in [4.69, 9.17) is 0 Å². The summed E-state index contributed by atoms with van der Waals surface area (Å²) in [5.74, 6) is -1.82. The second-order valence-electron chi connectivity index (χ2n) is 7.33. The Hall–Kier alpha value is -4.47. The number of carbonyl (C=O) groups is 1. The molecule has 0 saturated heterocycles. The number of carbonyl (C=O) groups excluding carboxylic acids is 1. The molecule has 10 heteroatoms. The van der Waals surface area contributed by atoms with Crippen LogP contribution in [0.15, 0.2) is 67.3 Å². The maximum absolute atomic E-state index is 14.7. The number of aromatic nitrogens is 5. The third-order valence-electron chi connectivity index (χ3n) is 5.11. The van der Waals surface area contributed by atoms with Crippen LogP contribution in [0, 0.1) is 24.4 Å². The fourth-order valence-corrected chi connectivity index (χ4v) is 3.41. The van der Waals surface area contributed by atoms with Crippen LogP contribution in [0.25, 0.3) is 22.6 Å². The Morgan fingerprint density at radius 2 is 1.76 bits per heavy atom. The summed E-state index contributed by atoms with van der Waals surface area (Å²) in [6.07, 6.45) is 3.88. The number of fused-ring (bicyclic) bond motifs is 1. The van der Waals surface area contributed by atoms with Crippen molar-refractivity contribution in [3.63, 3.8) is 0 Å². The van der Waals surface area contributed by atoms with Crippen LogP contribution < -0.4 is 5.32 Å². The number of aryl methyl sites for hydroxylation is 1. The third kappa shape index (κ3) is 3.82. The molecular weight excluding hydrogens is 433 g/mol. The number of halogens is 3. The molecule has 0 aliphatic carbocycles. The van der Waals surface area contributed by atoms with E-state index in [0.29, 0.717) is 22.5 Å². The van der Waals surface area contributed by atoms with Gasteiger partial charge in [-0.25, -0.2) is 27.4 Å². The molecule has 0 radical (unpaired) electrons. The Bertz CT molecular complexity index is 1510. The molecule has 1 amide bonds. The van der Waals surface area contributed by atoms with Crippen LogP contribution in [-0.4, -0.2) is 30.3 Å². The molecule has 0 aliphatic heterocycles. The summed E-state index contributed by atoms with van der Waals surface area (Å²) in [5, 5.41) is 11.0. The minimum atomic E-state index is -0.561. The Morgan fingerprint density at radius 1 is 1.00 bits per heavy atom. The van der Waals surface area contributed by atoms with Gasteiger partial charge in [-0.1, -0.05) is 0 Å². The average molecular weight is 448 g/mol. The predicted octanol–water partition coefficient (Wildman–Crippen LogP) is 4.56. The van der Waals surface area contributed by atoms with Crippen molar-refractivity contribution in [2.45, 2.75) is 6.92 Å². The van der Waals surface area contributed by atoms with Gasteiger partial charge in [0.1, 0.15) is 23.8 Å². The van der Waals surface area contributed by atoms with E-state index in [1.54, 1.807) is 6.92 Å². The molecule has 0 fully saturated rings. The molecule has 1 N–H and O–H groups in total. The molecule has 3 aromatic heterocycles. The van der Waals surface area contributed by atoms with Crippen LogP contribution in [0.3, 0.4) is 0 Å². The predicted molar refractivity (Wildman–Crippen MR) is 115 cm³/mol. The smallest absolute Gasteiger partial charge is 0.259 e. The minimum Gasteiger partial charge on any atom is -0.322 e. The number of nitrogens with zero attached hydrogens (tertiary/aromatic N) is 5. The molecule has 164 valence electrons. The van der Waals surface area contributed by atoms with Crippen molar-refractivity contribution in [1.82, 2.24) is 24.4 Å². The van der Waals surface area contributed by atoms with Gasteiger partial charge in [-0.3, -0.25) is 4.79 Å². The van der Waals surface area contributed by atoms with Gasteiger partial charge in [0.05, 0.1) is 34.7 Å². The van der Waals surface area contributed by atoms with Crippen molar-refractivity contribution in [2.24, 2.45) is 0 Å². The summed E-state index contributed by atoms with van der Waals surface area (Å²) in [5.41, 5.74) is 2.15. The van der Waals surface area contributed by atoms with E-state index in [9.17, 15) is 18.0 Å². The Labute approximate surface area is 185 Å². The van der Waals surface area contributed by atoms with Crippen molar-refractivity contribution >= 4 is 17.1 Å². The zero-order chi connectivity index (χ0) is 23.1. The molecule has 33 heavy (non-hydrogen) atoms. The van der Waals surface area contributed by atoms with Crippen molar-refractivity contribution < 1.29 is 18.0 Å². The van der Waals surface area contributed by atoms with Crippen LogP contribution in [0.5, 0.6) is 0 Å². The summed E-state index contributed by atoms with van der Waals surface area (Å²) < 4.78 is 44.0. The molecule has 0 spiro atoms. The van der Waals surface area contributed by atoms with Gasteiger partial charge in [-0.2, -0.15) is 5.10 Å². The number of rotatable bonds is 4. The van der Waals surface area contributed by atoms with Gasteiger partial charge in [0, 0.05) is 5.69 Å². The van der Waals surface area contributed by atoms with E-state index in [2.05, 4.69) is 20.5 Å². The molecule has 2 aromatic carbocycles. The van der Waals surface area contributed by atoms with Gasteiger partial charge in [-0.05, 0) is 61.0 Å².